The van der Waals surface area contributed by atoms with E-state index in [4.69, 9.17) is 9.97 Å². The van der Waals surface area contributed by atoms with Gasteiger partial charge in [-0.25, -0.2) is 9.97 Å². The van der Waals surface area contributed by atoms with Gasteiger partial charge in [0, 0.05) is 43.9 Å². The Morgan fingerprint density at radius 3 is 1.66 bits per heavy atom. The minimum Gasteiger partial charge on any atom is -0.308 e. The highest BCUT2D eigenvalue weighted by molar-refractivity contribution is 6.22. The number of para-hydroxylation sites is 5. The van der Waals surface area contributed by atoms with Crippen molar-refractivity contribution >= 4 is 65.4 Å². The van der Waals surface area contributed by atoms with Crippen LogP contribution < -0.4 is 5.56 Å². The van der Waals surface area contributed by atoms with Crippen LogP contribution in [0.25, 0.3) is 94.0 Å². The van der Waals surface area contributed by atoms with Gasteiger partial charge in [0.2, 0.25) is 5.95 Å². The number of nitrogens with zero attached hydrogens (tertiary/aromatic N) is 5. The SMILES string of the molecule is O=c1c2c3ccccc3n(-c3ccccc3)c2c2cc3c4ccccc4n(-c4nc(-c5ccccc5)c5ccccc5n4)c3cc2n1-c1ccccc1. The highest BCUT2D eigenvalue weighted by atomic mass is 16.1. The summed E-state index contributed by atoms with van der Waals surface area (Å²) < 4.78 is 6.27. The molecule has 4 aromatic heterocycles. The highest BCUT2D eigenvalue weighted by Gasteiger charge is 2.24. The van der Waals surface area contributed by atoms with Crippen molar-refractivity contribution < 1.29 is 0 Å². The zero-order chi connectivity index (χ0) is 35.0. The van der Waals surface area contributed by atoms with Gasteiger partial charge in [-0.15, -0.1) is 0 Å². The first-order valence-corrected chi connectivity index (χ1v) is 17.7. The molecule has 0 aliphatic rings. The third-order valence-corrected chi connectivity index (χ3v) is 10.4. The molecule has 0 spiro atoms. The lowest BCUT2D eigenvalue weighted by molar-refractivity contribution is 1.01. The van der Waals surface area contributed by atoms with Crippen LogP contribution in [0.2, 0.25) is 0 Å². The summed E-state index contributed by atoms with van der Waals surface area (Å²) in [5.74, 6) is 0.571. The molecule has 0 unspecified atom stereocenters. The summed E-state index contributed by atoms with van der Waals surface area (Å²) >= 11 is 0. The maximum absolute atomic E-state index is 15.1. The molecule has 6 heteroatoms. The van der Waals surface area contributed by atoms with Gasteiger partial charge in [-0.05, 0) is 54.6 Å². The molecule has 6 nitrogen and oxygen atoms in total. The number of pyridine rings is 1. The summed E-state index contributed by atoms with van der Waals surface area (Å²) in [6, 6.07) is 59.8. The number of fused-ring (bicyclic) bond motifs is 9. The lowest BCUT2D eigenvalue weighted by Crippen LogP contribution is -2.19. The Morgan fingerprint density at radius 2 is 0.943 bits per heavy atom. The largest absolute Gasteiger partial charge is 0.308 e. The number of hydrogen-bond acceptors (Lipinski definition) is 3. The van der Waals surface area contributed by atoms with E-state index in [1.54, 1.807) is 0 Å². The fraction of sp³-hybridized carbons (Fsp3) is 0. The molecule has 0 aliphatic carbocycles. The van der Waals surface area contributed by atoms with Crippen LogP contribution in [0.4, 0.5) is 0 Å². The van der Waals surface area contributed by atoms with E-state index in [2.05, 4.69) is 88.0 Å². The Morgan fingerprint density at radius 1 is 0.396 bits per heavy atom. The van der Waals surface area contributed by atoms with E-state index in [9.17, 15) is 0 Å². The summed E-state index contributed by atoms with van der Waals surface area (Å²) in [5, 5.41) is 5.70. The van der Waals surface area contributed by atoms with Crippen LogP contribution in [0.5, 0.6) is 0 Å². The fourth-order valence-corrected chi connectivity index (χ4v) is 8.19. The zero-order valence-electron chi connectivity index (χ0n) is 28.4. The molecule has 4 heterocycles. The molecule has 7 aromatic carbocycles. The molecule has 0 atom stereocenters. The van der Waals surface area contributed by atoms with Crippen LogP contribution in [0, 0.1) is 0 Å². The normalized spacial score (nSPS) is 11.8. The fourth-order valence-electron chi connectivity index (χ4n) is 8.19. The molecule has 0 N–H and O–H groups in total. The van der Waals surface area contributed by atoms with Crippen molar-refractivity contribution in [3.63, 3.8) is 0 Å². The third-order valence-electron chi connectivity index (χ3n) is 10.4. The summed E-state index contributed by atoms with van der Waals surface area (Å²) in [6.45, 7) is 0. The van der Waals surface area contributed by atoms with Gasteiger partial charge >= 0.3 is 0 Å². The molecule has 0 fully saturated rings. The Labute approximate surface area is 303 Å². The third kappa shape index (κ3) is 4.30. The monoisotopic (exact) mass is 679 g/mol. The minimum absolute atomic E-state index is 0.0695. The summed E-state index contributed by atoms with van der Waals surface area (Å²) in [5.41, 5.74) is 9.05. The zero-order valence-corrected chi connectivity index (χ0v) is 28.4. The van der Waals surface area contributed by atoms with E-state index in [-0.39, 0.29) is 5.56 Å². The molecule has 0 saturated carbocycles. The van der Waals surface area contributed by atoms with E-state index in [1.165, 1.54) is 0 Å². The first-order chi connectivity index (χ1) is 26.2. The van der Waals surface area contributed by atoms with Crippen LogP contribution in [-0.2, 0) is 0 Å². The smallest absolute Gasteiger partial charge is 0.265 e. The van der Waals surface area contributed by atoms with Crippen LogP contribution in [0.15, 0.2) is 181 Å². The van der Waals surface area contributed by atoms with Crippen LogP contribution in [0.1, 0.15) is 0 Å². The first-order valence-electron chi connectivity index (χ1n) is 17.7. The van der Waals surface area contributed by atoms with Crippen molar-refractivity contribution in [1.29, 1.82) is 0 Å². The Hall–Kier alpha value is -7.31. The van der Waals surface area contributed by atoms with Crippen LogP contribution >= 0.6 is 0 Å². The minimum atomic E-state index is -0.0695. The van der Waals surface area contributed by atoms with Gasteiger partial charge in [0.25, 0.3) is 5.56 Å². The molecule has 11 aromatic rings. The van der Waals surface area contributed by atoms with Gasteiger partial charge in [-0.3, -0.25) is 13.9 Å². The van der Waals surface area contributed by atoms with E-state index < -0.39 is 0 Å². The molecule has 0 amide bonds. The lowest BCUT2D eigenvalue weighted by atomic mass is 10.1. The number of hydrogen-bond donors (Lipinski definition) is 0. The van der Waals surface area contributed by atoms with Gasteiger partial charge in [0.05, 0.1) is 44.2 Å². The summed E-state index contributed by atoms with van der Waals surface area (Å²) in [4.78, 5) is 25.6. The van der Waals surface area contributed by atoms with E-state index in [0.717, 1.165) is 82.7 Å². The highest BCUT2D eigenvalue weighted by Crippen LogP contribution is 2.40. The maximum atomic E-state index is 15.1. The van der Waals surface area contributed by atoms with Crippen molar-refractivity contribution in [2.24, 2.45) is 0 Å². The van der Waals surface area contributed by atoms with Gasteiger partial charge < -0.3 is 4.57 Å². The standard InChI is InChI=1S/C47H29N5O/c53-46-43-35-24-12-15-27-40(35)50(31-18-6-2-7-19-31)45(43)37-28-36-33-22-11-14-26-39(33)52(41(36)29-42(37)51(46)32-20-8-3-9-21-32)47-48-38-25-13-10-23-34(38)44(49-47)30-16-4-1-5-17-30/h1-29H. The molecular formula is C47H29N5O. The molecular weight excluding hydrogens is 651 g/mol. The average Bonchev–Trinajstić information content (AvgIpc) is 3.74. The Balaban J connectivity index is 1.35. The van der Waals surface area contributed by atoms with E-state index >= 15 is 4.79 Å². The molecule has 0 radical (unpaired) electrons. The van der Waals surface area contributed by atoms with Crippen molar-refractivity contribution in [3.8, 4) is 28.6 Å². The van der Waals surface area contributed by atoms with E-state index in [1.807, 2.05) is 102 Å². The van der Waals surface area contributed by atoms with Gasteiger partial charge in [-0.2, -0.15) is 0 Å². The Kier molecular flexibility index (Phi) is 6.30. The van der Waals surface area contributed by atoms with Crippen molar-refractivity contribution in [2.75, 3.05) is 0 Å². The van der Waals surface area contributed by atoms with Gasteiger partial charge in [-0.1, -0.05) is 121 Å². The second kappa shape index (κ2) is 11.4. The van der Waals surface area contributed by atoms with Crippen molar-refractivity contribution in [1.82, 2.24) is 23.7 Å². The second-order valence-corrected chi connectivity index (χ2v) is 13.4. The van der Waals surface area contributed by atoms with Gasteiger partial charge in [0.15, 0.2) is 0 Å². The molecule has 248 valence electrons. The quantitative estimate of drug-likeness (QED) is 0.186. The number of benzene rings is 7. The first kappa shape index (κ1) is 29.4. The summed E-state index contributed by atoms with van der Waals surface area (Å²) in [6.07, 6.45) is 0. The van der Waals surface area contributed by atoms with Crippen LogP contribution in [-0.4, -0.2) is 23.7 Å². The number of rotatable bonds is 4. The molecule has 11 rings (SSSR count). The number of aromatic nitrogens is 5. The van der Waals surface area contributed by atoms with Gasteiger partial charge in [0.1, 0.15) is 0 Å². The maximum Gasteiger partial charge on any atom is 0.265 e. The predicted molar refractivity (Wildman–Crippen MR) is 217 cm³/mol. The molecule has 53 heavy (non-hydrogen) atoms. The molecule has 0 bridgehead atoms. The molecule has 0 aliphatic heterocycles. The van der Waals surface area contributed by atoms with Crippen molar-refractivity contribution in [3.05, 3.63) is 186 Å². The van der Waals surface area contributed by atoms with E-state index in [0.29, 0.717) is 11.3 Å². The topological polar surface area (TPSA) is 57.6 Å². The average molecular weight is 680 g/mol. The lowest BCUT2D eigenvalue weighted by Gasteiger charge is -2.16. The van der Waals surface area contributed by atoms with Crippen LogP contribution in [0.3, 0.4) is 0 Å². The summed E-state index contributed by atoms with van der Waals surface area (Å²) in [7, 11) is 0. The second-order valence-electron chi connectivity index (χ2n) is 13.4. The Bertz CT molecular complexity index is 3290. The van der Waals surface area contributed by atoms with Crippen molar-refractivity contribution in [2.45, 2.75) is 0 Å². The predicted octanol–water partition coefficient (Wildman–Crippen LogP) is 10.8. The molecule has 0 saturated heterocycles.